The number of amides is 1. The first-order chi connectivity index (χ1) is 13.3. The van der Waals surface area contributed by atoms with Gasteiger partial charge in [0.25, 0.3) is 15.9 Å². The van der Waals surface area contributed by atoms with Crippen LogP contribution in [0.4, 0.5) is 0 Å². The quantitative estimate of drug-likeness (QED) is 0.754. The predicted octanol–water partition coefficient (Wildman–Crippen LogP) is 1.66. The SMILES string of the molecule is CCOc1ccc(C(=O)N2CCCN(S(=O)(=O)c3cn(C)c(C)n3)CC2)cc1. The molecule has 0 saturated carbocycles. The third-order valence-electron chi connectivity index (χ3n) is 4.85. The molecular weight excluding hydrogens is 380 g/mol. The summed E-state index contributed by atoms with van der Waals surface area (Å²) in [6, 6.07) is 7.02. The number of nitrogens with zero attached hydrogens (tertiary/aromatic N) is 4. The highest BCUT2D eigenvalue weighted by atomic mass is 32.2. The zero-order chi connectivity index (χ0) is 20.3. The first-order valence-corrected chi connectivity index (χ1v) is 10.8. The molecule has 1 aromatic carbocycles. The van der Waals surface area contributed by atoms with E-state index >= 15 is 0 Å². The average Bonchev–Trinajstić information content (AvgIpc) is 2.87. The number of aromatic nitrogens is 2. The van der Waals surface area contributed by atoms with Gasteiger partial charge in [0.15, 0.2) is 5.03 Å². The van der Waals surface area contributed by atoms with E-state index in [0.717, 1.165) is 5.75 Å². The Labute approximate surface area is 165 Å². The summed E-state index contributed by atoms with van der Waals surface area (Å²) in [5, 5.41) is 0.0544. The minimum absolute atomic E-state index is 0.0544. The van der Waals surface area contributed by atoms with Crippen molar-refractivity contribution >= 4 is 15.9 Å². The van der Waals surface area contributed by atoms with E-state index in [9.17, 15) is 13.2 Å². The van der Waals surface area contributed by atoms with Crippen LogP contribution in [0.3, 0.4) is 0 Å². The number of carbonyl (C=O) groups is 1. The fourth-order valence-corrected chi connectivity index (χ4v) is 4.66. The standard InChI is InChI=1S/C19H26N4O4S/c1-4-27-17-8-6-16(7-9-17)19(24)22-10-5-11-23(13-12-22)28(25,26)18-14-21(3)15(2)20-18/h6-9,14H,4-5,10-13H2,1-3H3. The Morgan fingerprint density at radius 2 is 1.86 bits per heavy atom. The van der Waals surface area contributed by atoms with Crippen molar-refractivity contribution in [3.8, 4) is 5.75 Å². The second-order valence-electron chi connectivity index (χ2n) is 6.74. The lowest BCUT2D eigenvalue weighted by Crippen LogP contribution is -2.37. The summed E-state index contributed by atoms with van der Waals surface area (Å²) in [6.45, 7) is 5.71. The van der Waals surface area contributed by atoms with Gasteiger partial charge in [-0.05, 0) is 44.5 Å². The van der Waals surface area contributed by atoms with Crippen molar-refractivity contribution < 1.29 is 17.9 Å². The van der Waals surface area contributed by atoms with E-state index in [1.165, 1.54) is 10.5 Å². The zero-order valence-electron chi connectivity index (χ0n) is 16.5. The molecule has 0 radical (unpaired) electrons. The molecule has 1 fully saturated rings. The van der Waals surface area contributed by atoms with E-state index in [4.69, 9.17) is 4.74 Å². The lowest BCUT2D eigenvalue weighted by Gasteiger charge is -2.21. The van der Waals surface area contributed by atoms with Crippen molar-refractivity contribution in [1.82, 2.24) is 18.8 Å². The van der Waals surface area contributed by atoms with Crippen LogP contribution in [0, 0.1) is 6.92 Å². The summed E-state index contributed by atoms with van der Waals surface area (Å²) in [5.74, 6) is 1.26. The maximum Gasteiger partial charge on any atom is 0.262 e. The van der Waals surface area contributed by atoms with Crippen molar-refractivity contribution in [2.24, 2.45) is 7.05 Å². The molecule has 0 atom stereocenters. The number of ether oxygens (including phenoxy) is 1. The highest BCUT2D eigenvalue weighted by Crippen LogP contribution is 2.19. The number of benzene rings is 1. The Morgan fingerprint density at radius 1 is 1.14 bits per heavy atom. The van der Waals surface area contributed by atoms with Crippen molar-refractivity contribution in [2.45, 2.75) is 25.3 Å². The number of rotatable bonds is 5. The van der Waals surface area contributed by atoms with E-state index in [-0.39, 0.29) is 17.5 Å². The molecule has 3 rings (SSSR count). The molecule has 1 aliphatic rings. The van der Waals surface area contributed by atoms with Crippen molar-refractivity contribution in [3.63, 3.8) is 0 Å². The maximum absolute atomic E-state index is 12.9. The Balaban J connectivity index is 1.69. The largest absolute Gasteiger partial charge is 0.494 e. The number of sulfonamides is 1. The number of aryl methyl sites for hydroxylation is 2. The minimum atomic E-state index is -3.67. The first kappa shape index (κ1) is 20.3. The molecule has 1 saturated heterocycles. The number of imidazole rings is 1. The smallest absolute Gasteiger partial charge is 0.262 e. The van der Waals surface area contributed by atoms with E-state index in [1.807, 2.05) is 6.92 Å². The number of hydrogen-bond acceptors (Lipinski definition) is 5. The Morgan fingerprint density at radius 3 is 2.46 bits per heavy atom. The fraction of sp³-hybridized carbons (Fsp3) is 0.474. The Hall–Kier alpha value is -2.39. The van der Waals surface area contributed by atoms with Crippen LogP contribution in [0.2, 0.25) is 0 Å². The molecule has 0 spiro atoms. The Bertz CT molecular complexity index is 918. The van der Waals surface area contributed by atoms with Gasteiger partial charge in [-0.15, -0.1) is 0 Å². The van der Waals surface area contributed by atoms with Crippen LogP contribution in [0.25, 0.3) is 0 Å². The lowest BCUT2D eigenvalue weighted by molar-refractivity contribution is 0.0764. The summed E-state index contributed by atoms with van der Waals surface area (Å²) < 4.78 is 34.3. The summed E-state index contributed by atoms with van der Waals surface area (Å²) in [5.41, 5.74) is 0.570. The molecule has 1 amide bonds. The molecule has 28 heavy (non-hydrogen) atoms. The van der Waals surface area contributed by atoms with Crippen LogP contribution in [0.5, 0.6) is 5.75 Å². The third kappa shape index (κ3) is 4.20. The molecule has 0 unspecified atom stereocenters. The van der Waals surface area contributed by atoms with E-state index in [0.29, 0.717) is 44.0 Å². The maximum atomic E-state index is 12.9. The molecule has 1 aromatic heterocycles. The molecule has 0 bridgehead atoms. The van der Waals surface area contributed by atoms with E-state index in [1.54, 1.807) is 47.7 Å². The number of hydrogen-bond donors (Lipinski definition) is 0. The van der Waals surface area contributed by atoms with E-state index in [2.05, 4.69) is 4.98 Å². The van der Waals surface area contributed by atoms with Crippen LogP contribution in [0.15, 0.2) is 35.5 Å². The van der Waals surface area contributed by atoms with Gasteiger partial charge in [-0.3, -0.25) is 4.79 Å². The van der Waals surface area contributed by atoms with Crippen molar-refractivity contribution in [3.05, 3.63) is 41.9 Å². The van der Waals surface area contributed by atoms with Gasteiger partial charge in [0.1, 0.15) is 11.6 Å². The molecule has 0 N–H and O–H groups in total. The minimum Gasteiger partial charge on any atom is -0.494 e. The molecule has 0 aliphatic carbocycles. The van der Waals surface area contributed by atoms with Gasteiger partial charge in [-0.1, -0.05) is 0 Å². The summed E-state index contributed by atoms with van der Waals surface area (Å²) >= 11 is 0. The zero-order valence-corrected chi connectivity index (χ0v) is 17.3. The lowest BCUT2D eigenvalue weighted by atomic mass is 10.2. The van der Waals surface area contributed by atoms with Crippen LogP contribution >= 0.6 is 0 Å². The summed E-state index contributed by atoms with van der Waals surface area (Å²) in [6.07, 6.45) is 2.10. The average molecular weight is 407 g/mol. The Kier molecular flexibility index (Phi) is 6.04. The molecule has 9 heteroatoms. The second kappa shape index (κ2) is 8.32. The molecule has 1 aliphatic heterocycles. The molecule has 2 aromatic rings. The van der Waals surface area contributed by atoms with E-state index < -0.39 is 10.0 Å². The first-order valence-electron chi connectivity index (χ1n) is 9.35. The van der Waals surface area contributed by atoms with Crippen molar-refractivity contribution in [1.29, 1.82) is 0 Å². The van der Waals surface area contributed by atoms with Gasteiger partial charge >= 0.3 is 0 Å². The van der Waals surface area contributed by atoms with Crippen LogP contribution in [0.1, 0.15) is 29.5 Å². The van der Waals surface area contributed by atoms with Gasteiger partial charge in [-0.25, -0.2) is 13.4 Å². The molecule has 152 valence electrons. The number of carbonyl (C=O) groups excluding carboxylic acids is 1. The van der Waals surface area contributed by atoms with Gasteiger partial charge in [-0.2, -0.15) is 4.31 Å². The van der Waals surface area contributed by atoms with Gasteiger partial charge in [0.05, 0.1) is 6.61 Å². The van der Waals surface area contributed by atoms with Crippen LogP contribution in [-0.2, 0) is 17.1 Å². The van der Waals surface area contributed by atoms with Crippen molar-refractivity contribution in [2.75, 3.05) is 32.8 Å². The summed E-state index contributed by atoms with van der Waals surface area (Å²) in [4.78, 5) is 18.7. The highest BCUT2D eigenvalue weighted by Gasteiger charge is 2.30. The normalized spacial score (nSPS) is 16.0. The molecular formula is C19H26N4O4S. The predicted molar refractivity (Wildman–Crippen MR) is 105 cm³/mol. The molecule has 8 nitrogen and oxygen atoms in total. The van der Waals surface area contributed by atoms with Crippen LogP contribution < -0.4 is 4.74 Å². The monoisotopic (exact) mass is 406 g/mol. The van der Waals surface area contributed by atoms with Crippen LogP contribution in [-0.4, -0.2) is 65.9 Å². The summed E-state index contributed by atoms with van der Waals surface area (Å²) in [7, 11) is -1.90. The third-order valence-corrected chi connectivity index (χ3v) is 6.62. The van der Waals surface area contributed by atoms with Gasteiger partial charge in [0, 0.05) is 45.0 Å². The topological polar surface area (TPSA) is 84.7 Å². The fourth-order valence-electron chi connectivity index (χ4n) is 3.16. The van der Waals surface area contributed by atoms with Gasteiger partial charge < -0.3 is 14.2 Å². The molecule has 2 heterocycles. The van der Waals surface area contributed by atoms with Gasteiger partial charge in [0.2, 0.25) is 0 Å². The second-order valence-corrected chi connectivity index (χ2v) is 8.63. The highest BCUT2D eigenvalue weighted by molar-refractivity contribution is 7.89.